The minimum atomic E-state index is -0.919. The van der Waals surface area contributed by atoms with E-state index in [1.54, 1.807) is 13.0 Å². The number of rotatable bonds is 5. The second-order valence-corrected chi connectivity index (χ2v) is 3.79. The summed E-state index contributed by atoms with van der Waals surface area (Å²) in [6.45, 7) is 5.55. The zero-order valence-corrected chi connectivity index (χ0v) is 9.56. The van der Waals surface area contributed by atoms with Crippen LogP contribution >= 0.6 is 0 Å². The predicted molar refractivity (Wildman–Crippen MR) is 61.5 cm³/mol. The van der Waals surface area contributed by atoms with Crippen molar-refractivity contribution in [2.24, 2.45) is 0 Å². The molecule has 0 bridgehead atoms. The number of hydrogen-bond donors (Lipinski definition) is 3. The molecule has 1 aromatic heterocycles. The number of aliphatic carboxylic acids is 1. The second-order valence-electron chi connectivity index (χ2n) is 3.79. The maximum Gasteiger partial charge on any atom is 0.325 e. The van der Waals surface area contributed by atoms with E-state index >= 15 is 0 Å². The number of nitrogens with one attached hydrogen (secondary N) is 2. The summed E-state index contributed by atoms with van der Waals surface area (Å²) >= 11 is 0. The Hall–Kier alpha value is -1.85. The molecule has 0 aliphatic rings. The van der Waals surface area contributed by atoms with Crippen LogP contribution in [0.2, 0.25) is 0 Å². The van der Waals surface area contributed by atoms with Gasteiger partial charge in [-0.15, -0.1) is 0 Å². The monoisotopic (exact) mass is 224 g/mol. The van der Waals surface area contributed by atoms with Gasteiger partial charge in [0.1, 0.15) is 24.0 Å². The molecule has 6 heteroatoms. The summed E-state index contributed by atoms with van der Waals surface area (Å²) in [6, 6.07) is 1.26. The summed E-state index contributed by atoms with van der Waals surface area (Å²) in [5.41, 5.74) is 0. The van der Waals surface area contributed by atoms with Gasteiger partial charge in [-0.2, -0.15) is 0 Å². The zero-order chi connectivity index (χ0) is 12.1. The molecular formula is C10H16N4O2. The quantitative estimate of drug-likeness (QED) is 0.696. The highest BCUT2D eigenvalue weighted by atomic mass is 16.4. The molecule has 88 valence electrons. The third-order valence-corrected chi connectivity index (χ3v) is 1.84. The molecule has 0 aliphatic heterocycles. The van der Waals surface area contributed by atoms with Gasteiger partial charge in [0, 0.05) is 12.1 Å². The first-order valence-electron chi connectivity index (χ1n) is 5.07. The fourth-order valence-corrected chi connectivity index (χ4v) is 1.09. The maximum absolute atomic E-state index is 10.6. The number of carboxylic acid groups (broad SMARTS) is 1. The van der Waals surface area contributed by atoms with Crippen LogP contribution in [0.4, 0.5) is 11.6 Å². The summed E-state index contributed by atoms with van der Waals surface area (Å²) < 4.78 is 0. The Bertz CT molecular complexity index is 368. The first-order valence-corrected chi connectivity index (χ1v) is 5.07. The molecule has 0 fully saturated rings. The van der Waals surface area contributed by atoms with Crippen LogP contribution in [0.25, 0.3) is 0 Å². The second kappa shape index (κ2) is 5.29. The van der Waals surface area contributed by atoms with Crippen LogP contribution in [0.15, 0.2) is 12.4 Å². The normalized spacial score (nSPS) is 12.2. The Kier molecular flexibility index (Phi) is 4.04. The Morgan fingerprint density at radius 1 is 1.25 bits per heavy atom. The van der Waals surface area contributed by atoms with Crippen molar-refractivity contribution < 1.29 is 9.90 Å². The molecule has 0 aromatic carbocycles. The van der Waals surface area contributed by atoms with Crippen LogP contribution in [-0.4, -0.2) is 33.1 Å². The van der Waals surface area contributed by atoms with Crippen molar-refractivity contribution in [3.8, 4) is 0 Å². The lowest BCUT2D eigenvalue weighted by Gasteiger charge is -2.12. The van der Waals surface area contributed by atoms with Crippen LogP contribution in [0.1, 0.15) is 20.8 Å². The van der Waals surface area contributed by atoms with Gasteiger partial charge in [-0.05, 0) is 20.8 Å². The Morgan fingerprint density at radius 3 is 2.31 bits per heavy atom. The number of nitrogens with zero attached hydrogens (tertiary/aromatic N) is 2. The Labute approximate surface area is 94.1 Å². The Balaban J connectivity index is 2.70. The summed E-state index contributed by atoms with van der Waals surface area (Å²) in [4.78, 5) is 18.6. The van der Waals surface area contributed by atoms with Crippen LogP contribution in [0.5, 0.6) is 0 Å². The minimum absolute atomic E-state index is 0.264. The number of hydrogen-bond acceptors (Lipinski definition) is 5. The highest BCUT2D eigenvalue weighted by Gasteiger charge is 2.11. The van der Waals surface area contributed by atoms with Crippen LogP contribution < -0.4 is 10.6 Å². The molecule has 1 heterocycles. The lowest BCUT2D eigenvalue weighted by Crippen LogP contribution is -2.26. The molecule has 16 heavy (non-hydrogen) atoms. The van der Waals surface area contributed by atoms with E-state index in [-0.39, 0.29) is 6.04 Å². The van der Waals surface area contributed by atoms with Crippen molar-refractivity contribution in [1.82, 2.24) is 9.97 Å². The van der Waals surface area contributed by atoms with Gasteiger partial charge in [-0.1, -0.05) is 0 Å². The van der Waals surface area contributed by atoms with E-state index in [0.29, 0.717) is 11.6 Å². The van der Waals surface area contributed by atoms with Gasteiger partial charge < -0.3 is 15.7 Å². The first-order chi connectivity index (χ1) is 7.49. The first kappa shape index (κ1) is 12.2. The maximum atomic E-state index is 10.6. The van der Waals surface area contributed by atoms with Crippen molar-refractivity contribution >= 4 is 17.6 Å². The van der Waals surface area contributed by atoms with Crippen molar-refractivity contribution in [3.05, 3.63) is 12.4 Å². The SMILES string of the molecule is CC(C)Nc1cc(NC(C)C(=O)O)ncn1. The number of carbonyl (C=O) groups is 1. The fraction of sp³-hybridized carbons (Fsp3) is 0.500. The number of anilines is 2. The van der Waals surface area contributed by atoms with Crippen molar-refractivity contribution in [3.63, 3.8) is 0 Å². The van der Waals surface area contributed by atoms with Gasteiger partial charge in [0.15, 0.2) is 0 Å². The smallest absolute Gasteiger partial charge is 0.325 e. The molecular weight excluding hydrogens is 208 g/mol. The highest BCUT2D eigenvalue weighted by Crippen LogP contribution is 2.10. The van der Waals surface area contributed by atoms with Crippen molar-refractivity contribution in [1.29, 1.82) is 0 Å². The molecule has 1 aromatic rings. The molecule has 0 saturated heterocycles. The highest BCUT2D eigenvalue weighted by molar-refractivity contribution is 5.76. The zero-order valence-electron chi connectivity index (χ0n) is 9.56. The molecule has 3 N–H and O–H groups in total. The predicted octanol–water partition coefficient (Wildman–Crippen LogP) is 1.18. The molecule has 6 nitrogen and oxygen atoms in total. The van der Waals surface area contributed by atoms with Crippen LogP contribution in [0.3, 0.4) is 0 Å². The van der Waals surface area contributed by atoms with Gasteiger partial charge in [-0.25, -0.2) is 9.97 Å². The lowest BCUT2D eigenvalue weighted by atomic mass is 10.3. The van der Waals surface area contributed by atoms with E-state index in [1.165, 1.54) is 6.33 Å². The minimum Gasteiger partial charge on any atom is -0.480 e. The molecule has 0 saturated carbocycles. The summed E-state index contributed by atoms with van der Waals surface area (Å²) in [6.07, 6.45) is 1.39. The van der Waals surface area contributed by atoms with E-state index < -0.39 is 12.0 Å². The van der Waals surface area contributed by atoms with Gasteiger partial charge in [0.05, 0.1) is 0 Å². The average Bonchev–Trinajstić information content (AvgIpc) is 2.16. The van der Waals surface area contributed by atoms with Crippen LogP contribution in [-0.2, 0) is 4.79 Å². The van der Waals surface area contributed by atoms with Gasteiger partial charge in [0.2, 0.25) is 0 Å². The number of carboxylic acids is 1. The molecule has 1 atom stereocenters. The van der Waals surface area contributed by atoms with E-state index in [2.05, 4.69) is 20.6 Å². The summed E-state index contributed by atoms with van der Waals surface area (Å²) in [5, 5.41) is 14.6. The molecule has 0 aliphatic carbocycles. The largest absolute Gasteiger partial charge is 0.480 e. The Morgan fingerprint density at radius 2 is 1.81 bits per heavy atom. The standard InChI is InChI=1S/C10H16N4O2/c1-6(2)13-8-4-9(12-5-11-8)14-7(3)10(15)16/h4-7H,1-3H3,(H,15,16)(H2,11,12,13,14). The van der Waals surface area contributed by atoms with E-state index in [0.717, 1.165) is 0 Å². The fourth-order valence-electron chi connectivity index (χ4n) is 1.09. The van der Waals surface area contributed by atoms with Crippen LogP contribution in [0, 0.1) is 0 Å². The van der Waals surface area contributed by atoms with E-state index in [9.17, 15) is 4.79 Å². The molecule has 1 unspecified atom stereocenters. The topological polar surface area (TPSA) is 87.1 Å². The third-order valence-electron chi connectivity index (χ3n) is 1.84. The summed E-state index contributed by atoms with van der Waals surface area (Å²) in [5.74, 6) is 0.245. The van der Waals surface area contributed by atoms with Crippen molar-refractivity contribution in [2.45, 2.75) is 32.9 Å². The van der Waals surface area contributed by atoms with E-state index in [1.807, 2.05) is 13.8 Å². The number of aromatic nitrogens is 2. The molecule has 0 radical (unpaired) electrons. The molecule has 0 spiro atoms. The van der Waals surface area contributed by atoms with E-state index in [4.69, 9.17) is 5.11 Å². The van der Waals surface area contributed by atoms with Gasteiger partial charge >= 0.3 is 5.97 Å². The summed E-state index contributed by atoms with van der Waals surface area (Å²) in [7, 11) is 0. The van der Waals surface area contributed by atoms with Gasteiger partial charge in [-0.3, -0.25) is 4.79 Å². The lowest BCUT2D eigenvalue weighted by molar-refractivity contribution is -0.137. The van der Waals surface area contributed by atoms with Gasteiger partial charge in [0.25, 0.3) is 0 Å². The van der Waals surface area contributed by atoms with Crippen molar-refractivity contribution in [2.75, 3.05) is 10.6 Å². The molecule has 0 amide bonds. The molecule has 1 rings (SSSR count). The third kappa shape index (κ3) is 3.72. The average molecular weight is 224 g/mol.